The number of hydrogen-bond acceptors (Lipinski definition) is 3. The summed E-state index contributed by atoms with van der Waals surface area (Å²) in [4.78, 5) is 23.3. The molecule has 0 aliphatic heterocycles. The van der Waals surface area contributed by atoms with Crippen LogP contribution in [-0.4, -0.2) is 29.1 Å². The van der Waals surface area contributed by atoms with Gasteiger partial charge in [-0.15, -0.1) is 0 Å². The van der Waals surface area contributed by atoms with Gasteiger partial charge in [0, 0.05) is 6.42 Å². The predicted octanol–water partition coefficient (Wildman–Crippen LogP) is 1.51. The summed E-state index contributed by atoms with van der Waals surface area (Å²) in [6.45, 7) is 6.36. The molecule has 0 spiro atoms. The molecule has 110 valence electrons. The van der Waals surface area contributed by atoms with Crippen molar-refractivity contribution in [3.05, 3.63) is 0 Å². The van der Waals surface area contributed by atoms with Gasteiger partial charge in [-0.3, -0.25) is 4.79 Å². The number of amides is 1. The second-order valence-electron chi connectivity index (χ2n) is 6.53. The second kappa shape index (κ2) is 5.90. The van der Waals surface area contributed by atoms with Crippen LogP contribution in [0.5, 0.6) is 0 Å². The number of carboxylic acids is 1. The SMILES string of the molecule is CC(C)(CCN)CCC(=O)NC(C)(C(=O)O)C1CC1. The number of aliphatic carboxylic acids is 1. The van der Waals surface area contributed by atoms with E-state index in [9.17, 15) is 14.7 Å². The van der Waals surface area contributed by atoms with Crippen LogP contribution in [0.25, 0.3) is 0 Å². The molecule has 1 fully saturated rings. The van der Waals surface area contributed by atoms with E-state index in [0.29, 0.717) is 13.0 Å². The zero-order valence-electron chi connectivity index (χ0n) is 12.2. The Morgan fingerprint density at radius 1 is 1.26 bits per heavy atom. The van der Waals surface area contributed by atoms with Crippen LogP contribution in [0.4, 0.5) is 0 Å². The maximum Gasteiger partial charge on any atom is 0.329 e. The fourth-order valence-corrected chi connectivity index (χ4v) is 2.31. The van der Waals surface area contributed by atoms with Crippen LogP contribution in [0.3, 0.4) is 0 Å². The Bertz CT molecular complexity index is 351. The van der Waals surface area contributed by atoms with Crippen molar-refractivity contribution in [3.8, 4) is 0 Å². The third kappa shape index (κ3) is 4.49. The van der Waals surface area contributed by atoms with E-state index in [2.05, 4.69) is 19.2 Å². The summed E-state index contributed by atoms with van der Waals surface area (Å²) in [5.74, 6) is -1.04. The van der Waals surface area contributed by atoms with E-state index in [1.54, 1.807) is 6.92 Å². The van der Waals surface area contributed by atoms with E-state index in [1.165, 1.54) is 0 Å². The number of carboxylic acid groups (broad SMARTS) is 1. The molecule has 1 aliphatic carbocycles. The largest absolute Gasteiger partial charge is 0.480 e. The van der Waals surface area contributed by atoms with Gasteiger partial charge in [0.15, 0.2) is 0 Å². The van der Waals surface area contributed by atoms with E-state index < -0.39 is 11.5 Å². The summed E-state index contributed by atoms with van der Waals surface area (Å²) < 4.78 is 0. The molecule has 1 saturated carbocycles. The molecule has 1 rings (SSSR count). The molecular weight excluding hydrogens is 244 g/mol. The van der Waals surface area contributed by atoms with Crippen LogP contribution in [0, 0.1) is 11.3 Å². The lowest BCUT2D eigenvalue weighted by Gasteiger charge is -2.28. The molecule has 0 bridgehead atoms. The van der Waals surface area contributed by atoms with Gasteiger partial charge >= 0.3 is 5.97 Å². The molecule has 1 atom stereocenters. The van der Waals surface area contributed by atoms with E-state index in [4.69, 9.17) is 5.73 Å². The quantitative estimate of drug-likeness (QED) is 0.623. The molecule has 0 saturated heterocycles. The first-order chi connectivity index (χ1) is 8.71. The Balaban J connectivity index is 2.48. The van der Waals surface area contributed by atoms with Crippen LogP contribution in [-0.2, 0) is 9.59 Å². The van der Waals surface area contributed by atoms with Crippen LogP contribution in [0.15, 0.2) is 0 Å². The summed E-state index contributed by atoms with van der Waals surface area (Å²) in [7, 11) is 0. The zero-order chi connectivity index (χ0) is 14.7. The Labute approximate surface area is 114 Å². The van der Waals surface area contributed by atoms with Crippen LogP contribution >= 0.6 is 0 Å². The molecule has 0 aromatic heterocycles. The van der Waals surface area contributed by atoms with Crippen molar-refractivity contribution in [1.82, 2.24) is 5.32 Å². The minimum absolute atomic E-state index is 0.0191. The number of carbonyl (C=O) groups excluding carboxylic acids is 1. The van der Waals surface area contributed by atoms with Gasteiger partial charge in [-0.1, -0.05) is 13.8 Å². The van der Waals surface area contributed by atoms with Gasteiger partial charge in [-0.2, -0.15) is 0 Å². The molecular formula is C14H26N2O3. The standard InChI is InChI=1S/C14H26N2O3/c1-13(2,8-9-15)7-6-11(17)16-14(3,12(18)19)10-4-5-10/h10H,4-9,15H2,1-3H3,(H,16,17)(H,18,19). The highest BCUT2D eigenvalue weighted by molar-refractivity contribution is 5.87. The van der Waals surface area contributed by atoms with Gasteiger partial charge in [0.05, 0.1) is 0 Å². The van der Waals surface area contributed by atoms with Crippen molar-refractivity contribution >= 4 is 11.9 Å². The van der Waals surface area contributed by atoms with Gasteiger partial charge < -0.3 is 16.2 Å². The lowest BCUT2D eigenvalue weighted by Crippen LogP contribution is -2.54. The summed E-state index contributed by atoms with van der Waals surface area (Å²) >= 11 is 0. The molecule has 0 aromatic carbocycles. The predicted molar refractivity (Wildman–Crippen MR) is 73.6 cm³/mol. The smallest absolute Gasteiger partial charge is 0.329 e. The lowest BCUT2D eigenvalue weighted by atomic mass is 9.84. The van der Waals surface area contributed by atoms with Crippen molar-refractivity contribution < 1.29 is 14.7 Å². The van der Waals surface area contributed by atoms with Gasteiger partial charge in [0.1, 0.15) is 5.54 Å². The van der Waals surface area contributed by atoms with E-state index >= 15 is 0 Å². The first kappa shape index (κ1) is 16.0. The average Bonchev–Trinajstić information content (AvgIpc) is 3.10. The molecule has 1 amide bonds. The fourth-order valence-electron chi connectivity index (χ4n) is 2.31. The molecule has 1 aliphatic rings. The maximum atomic E-state index is 11.9. The third-order valence-corrected chi connectivity index (χ3v) is 4.09. The first-order valence-corrected chi connectivity index (χ1v) is 6.96. The second-order valence-corrected chi connectivity index (χ2v) is 6.53. The minimum atomic E-state index is -1.10. The Hall–Kier alpha value is -1.10. The van der Waals surface area contributed by atoms with E-state index in [1.807, 2.05) is 0 Å². The Morgan fingerprint density at radius 2 is 1.84 bits per heavy atom. The van der Waals surface area contributed by atoms with Crippen molar-refractivity contribution in [1.29, 1.82) is 0 Å². The van der Waals surface area contributed by atoms with Gasteiger partial charge in [0.25, 0.3) is 0 Å². The van der Waals surface area contributed by atoms with Crippen LogP contribution in [0.1, 0.15) is 52.9 Å². The molecule has 1 unspecified atom stereocenters. The monoisotopic (exact) mass is 270 g/mol. The number of hydrogen-bond donors (Lipinski definition) is 3. The Morgan fingerprint density at radius 3 is 2.26 bits per heavy atom. The number of carbonyl (C=O) groups is 2. The number of nitrogens with two attached hydrogens (primary N) is 1. The normalized spacial score (nSPS) is 18.7. The summed E-state index contributed by atoms with van der Waals surface area (Å²) in [6.07, 6.45) is 3.68. The maximum absolute atomic E-state index is 11.9. The minimum Gasteiger partial charge on any atom is -0.480 e. The highest BCUT2D eigenvalue weighted by atomic mass is 16.4. The number of rotatable bonds is 8. The van der Waals surface area contributed by atoms with Gasteiger partial charge in [0.2, 0.25) is 5.91 Å². The van der Waals surface area contributed by atoms with Crippen LogP contribution in [0.2, 0.25) is 0 Å². The van der Waals surface area contributed by atoms with E-state index in [-0.39, 0.29) is 17.2 Å². The van der Waals surface area contributed by atoms with Crippen molar-refractivity contribution in [2.45, 2.75) is 58.4 Å². The summed E-state index contributed by atoms with van der Waals surface area (Å²) in [5.41, 5.74) is 4.45. The first-order valence-electron chi connectivity index (χ1n) is 6.96. The fraction of sp³-hybridized carbons (Fsp3) is 0.857. The highest BCUT2D eigenvalue weighted by Gasteiger charge is 2.48. The third-order valence-electron chi connectivity index (χ3n) is 4.09. The molecule has 19 heavy (non-hydrogen) atoms. The molecule has 0 heterocycles. The van der Waals surface area contributed by atoms with Crippen LogP contribution < -0.4 is 11.1 Å². The topological polar surface area (TPSA) is 92.4 Å². The zero-order valence-corrected chi connectivity index (χ0v) is 12.2. The molecule has 4 N–H and O–H groups in total. The number of nitrogens with one attached hydrogen (secondary N) is 1. The van der Waals surface area contributed by atoms with Gasteiger partial charge in [-0.25, -0.2) is 4.79 Å². The van der Waals surface area contributed by atoms with Gasteiger partial charge in [-0.05, 0) is 50.5 Å². The van der Waals surface area contributed by atoms with E-state index in [0.717, 1.165) is 25.7 Å². The molecule has 5 nitrogen and oxygen atoms in total. The molecule has 0 radical (unpaired) electrons. The highest BCUT2D eigenvalue weighted by Crippen LogP contribution is 2.39. The Kier molecular flexibility index (Phi) is 4.96. The van der Waals surface area contributed by atoms with Crippen molar-refractivity contribution in [2.24, 2.45) is 17.1 Å². The average molecular weight is 270 g/mol. The van der Waals surface area contributed by atoms with Crippen molar-refractivity contribution in [3.63, 3.8) is 0 Å². The summed E-state index contributed by atoms with van der Waals surface area (Å²) in [5, 5.41) is 12.0. The lowest BCUT2D eigenvalue weighted by molar-refractivity contribution is -0.148. The summed E-state index contributed by atoms with van der Waals surface area (Å²) in [6, 6.07) is 0. The molecule has 0 aromatic rings. The van der Waals surface area contributed by atoms with Crippen molar-refractivity contribution in [2.75, 3.05) is 6.54 Å². The molecule has 5 heteroatoms.